The Morgan fingerprint density at radius 3 is 2.67 bits per heavy atom. The van der Waals surface area contributed by atoms with Gasteiger partial charge < -0.3 is 10.6 Å². The van der Waals surface area contributed by atoms with E-state index in [0.29, 0.717) is 37.6 Å². The summed E-state index contributed by atoms with van der Waals surface area (Å²) in [7, 11) is -3.19. The van der Waals surface area contributed by atoms with Crippen LogP contribution in [-0.2, 0) is 10.0 Å². The van der Waals surface area contributed by atoms with Crippen LogP contribution in [0.15, 0.2) is 12.4 Å². The van der Waals surface area contributed by atoms with Gasteiger partial charge in [-0.25, -0.2) is 18.4 Å². The van der Waals surface area contributed by atoms with Crippen LogP contribution >= 0.6 is 0 Å². The SMILES string of the molecule is CCNc1ncc(C(=O)NCCC2CCCCN2S(C)(=O)=O)cn1. The fourth-order valence-corrected chi connectivity index (χ4v) is 4.06. The van der Waals surface area contributed by atoms with Crippen LogP contribution in [0.5, 0.6) is 0 Å². The lowest BCUT2D eigenvalue weighted by atomic mass is 10.0. The van der Waals surface area contributed by atoms with Gasteiger partial charge in [0.1, 0.15) is 0 Å². The number of nitrogens with zero attached hydrogens (tertiary/aromatic N) is 3. The van der Waals surface area contributed by atoms with E-state index < -0.39 is 10.0 Å². The maximum Gasteiger partial charge on any atom is 0.254 e. The molecule has 2 heterocycles. The Bertz CT molecular complexity index is 648. The summed E-state index contributed by atoms with van der Waals surface area (Å²) < 4.78 is 25.2. The van der Waals surface area contributed by atoms with Crippen LogP contribution in [0.25, 0.3) is 0 Å². The lowest BCUT2D eigenvalue weighted by Gasteiger charge is -2.33. The van der Waals surface area contributed by atoms with E-state index in [0.717, 1.165) is 19.3 Å². The summed E-state index contributed by atoms with van der Waals surface area (Å²) in [4.78, 5) is 20.2. The van der Waals surface area contributed by atoms with E-state index in [1.165, 1.54) is 18.6 Å². The number of hydrogen-bond acceptors (Lipinski definition) is 6. The van der Waals surface area contributed by atoms with Crippen LogP contribution in [0.2, 0.25) is 0 Å². The zero-order valence-electron chi connectivity index (χ0n) is 14.2. The van der Waals surface area contributed by atoms with Gasteiger partial charge in [0.2, 0.25) is 16.0 Å². The van der Waals surface area contributed by atoms with Gasteiger partial charge in [-0.15, -0.1) is 0 Å². The van der Waals surface area contributed by atoms with Crippen molar-refractivity contribution in [2.75, 3.05) is 31.2 Å². The third kappa shape index (κ3) is 5.13. The third-order valence-corrected chi connectivity index (χ3v) is 5.34. The Morgan fingerprint density at radius 1 is 1.33 bits per heavy atom. The quantitative estimate of drug-likeness (QED) is 0.751. The van der Waals surface area contributed by atoms with Gasteiger partial charge in [-0.1, -0.05) is 6.42 Å². The number of rotatable bonds is 7. The summed E-state index contributed by atoms with van der Waals surface area (Å²) in [5, 5.41) is 5.77. The summed E-state index contributed by atoms with van der Waals surface area (Å²) in [5.74, 6) is 0.236. The van der Waals surface area contributed by atoms with Crippen molar-refractivity contribution in [3.05, 3.63) is 18.0 Å². The molecule has 2 N–H and O–H groups in total. The maximum atomic E-state index is 12.1. The molecule has 0 aromatic carbocycles. The standard InChI is InChI=1S/C15H25N5O3S/c1-3-16-15-18-10-12(11-19-15)14(21)17-8-7-13-6-4-5-9-20(13)24(2,22)23/h10-11,13H,3-9H2,1-2H3,(H,17,21)(H,16,18,19). The number of piperidine rings is 1. The zero-order valence-corrected chi connectivity index (χ0v) is 15.0. The number of anilines is 1. The molecule has 0 saturated carbocycles. The normalized spacial score (nSPS) is 19.0. The van der Waals surface area contributed by atoms with Crippen LogP contribution in [0.3, 0.4) is 0 Å². The Labute approximate surface area is 143 Å². The van der Waals surface area contributed by atoms with E-state index in [9.17, 15) is 13.2 Å². The summed E-state index contributed by atoms with van der Waals surface area (Å²) >= 11 is 0. The summed E-state index contributed by atoms with van der Waals surface area (Å²) in [6, 6.07) is -0.0403. The molecule has 1 atom stereocenters. The molecule has 0 aliphatic carbocycles. The maximum absolute atomic E-state index is 12.1. The largest absolute Gasteiger partial charge is 0.355 e. The highest BCUT2D eigenvalue weighted by atomic mass is 32.2. The van der Waals surface area contributed by atoms with Gasteiger partial charge >= 0.3 is 0 Å². The molecule has 0 spiro atoms. The fraction of sp³-hybridized carbons (Fsp3) is 0.667. The number of sulfonamides is 1. The van der Waals surface area contributed by atoms with Crippen LogP contribution in [0.1, 0.15) is 43.0 Å². The molecule has 1 aromatic heterocycles. The van der Waals surface area contributed by atoms with Crippen LogP contribution in [0, 0.1) is 0 Å². The first-order valence-corrected chi connectivity index (χ1v) is 10.1. The van der Waals surface area contributed by atoms with Crippen molar-refractivity contribution < 1.29 is 13.2 Å². The minimum Gasteiger partial charge on any atom is -0.355 e. The molecule has 8 nitrogen and oxygen atoms in total. The first-order chi connectivity index (χ1) is 11.4. The molecular weight excluding hydrogens is 330 g/mol. The lowest BCUT2D eigenvalue weighted by molar-refractivity contribution is 0.0949. The van der Waals surface area contributed by atoms with Gasteiger partial charge in [0.25, 0.3) is 5.91 Å². The number of hydrogen-bond donors (Lipinski definition) is 2. The van der Waals surface area contributed by atoms with Crippen molar-refractivity contribution >= 4 is 21.9 Å². The minimum absolute atomic E-state index is 0.0403. The Balaban J connectivity index is 1.85. The van der Waals surface area contributed by atoms with E-state index in [-0.39, 0.29) is 11.9 Å². The molecular formula is C15H25N5O3S. The molecule has 24 heavy (non-hydrogen) atoms. The van der Waals surface area contributed by atoms with E-state index >= 15 is 0 Å². The van der Waals surface area contributed by atoms with E-state index in [1.54, 1.807) is 4.31 Å². The Kier molecular flexibility index (Phi) is 6.50. The molecule has 1 aromatic rings. The van der Waals surface area contributed by atoms with Crippen molar-refractivity contribution in [3.63, 3.8) is 0 Å². The van der Waals surface area contributed by atoms with E-state index in [4.69, 9.17) is 0 Å². The van der Waals surface area contributed by atoms with Gasteiger partial charge in [0.15, 0.2) is 0 Å². The number of carbonyl (C=O) groups is 1. The molecule has 0 bridgehead atoms. The number of aromatic nitrogens is 2. The van der Waals surface area contributed by atoms with Gasteiger partial charge in [0, 0.05) is 38.1 Å². The average Bonchev–Trinajstić information content (AvgIpc) is 2.55. The number of carbonyl (C=O) groups excluding carboxylic acids is 1. The predicted molar refractivity (Wildman–Crippen MR) is 92.3 cm³/mol. The van der Waals surface area contributed by atoms with Crippen molar-refractivity contribution in [1.82, 2.24) is 19.6 Å². The molecule has 1 amide bonds. The van der Waals surface area contributed by atoms with E-state index in [2.05, 4.69) is 20.6 Å². The smallest absolute Gasteiger partial charge is 0.254 e. The fourth-order valence-electron chi connectivity index (χ4n) is 2.85. The van der Waals surface area contributed by atoms with Gasteiger partial charge in [0.05, 0.1) is 11.8 Å². The Morgan fingerprint density at radius 2 is 2.04 bits per heavy atom. The lowest BCUT2D eigenvalue weighted by Crippen LogP contribution is -2.44. The van der Waals surface area contributed by atoms with Crippen molar-refractivity contribution in [1.29, 1.82) is 0 Å². The monoisotopic (exact) mass is 355 g/mol. The van der Waals surface area contributed by atoms with Gasteiger partial charge in [-0.3, -0.25) is 4.79 Å². The predicted octanol–water partition coefficient (Wildman–Crippen LogP) is 0.842. The first-order valence-electron chi connectivity index (χ1n) is 8.22. The molecule has 0 radical (unpaired) electrons. The van der Waals surface area contributed by atoms with Crippen LogP contribution in [0.4, 0.5) is 5.95 Å². The Hall–Kier alpha value is -1.74. The first kappa shape index (κ1) is 18.6. The summed E-state index contributed by atoms with van der Waals surface area (Å²) in [6.45, 7) is 3.64. The third-order valence-electron chi connectivity index (χ3n) is 4.01. The highest BCUT2D eigenvalue weighted by Crippen LogP contribution is 2.21. The molecule has 9 heteroatoms. The van der Waals surface area contributed by atoms with E-state index in [1.807, 2.05) is 6.92 Å². The molecule has 1 aliphatic heterocycles. The molecule has 2 rings (SSSR count). The molecule has 1 saturated heterocycles. The number of nitrogens with one attached hydrogen (secondary N) is 2. The second-order valence-electron chi connectivity index (χ2n) is 5.89. The molecule has 134 valence electrons. The second kappa shape index (κ2) is 8.39. The topological polar surface area (TPSA) is 104 Å². The molecule has 1 aliphatic rings. The molecule has 1 fully saturated rings. The highest BCUT2D eigenvalue weighted by molar-refractivity contribution is 7.88. The van der Waals surface area contributed by atoms with Gasteiger partial charge in [-0.05, 0) is 26.2 Å². The van der Waals surface area contributed by atoms with Crippen LogP contribution < -0.4 is 10.6 Å². The zero-order chi connectivity index (χ0) is 17.6. The van der Waals surface area contributed by atoms with Crippen molar-refractivity contribution in [2.45, 2.75) is 38.6 Å². The second-order valence-corrected chi connectivity index (χ2v) is 7.83. The average molecular weight is 355 g/mol. The minimum atomic E-state index is -3.19. The number of amides is 1. The van der Waals surface area contributed by atoms with Crippen molar-refractivity contribution in [2.24, 2.45) is 0 Å². The highest BCUT2D eigenvalue weighted by Gasteiger charge is 2.28. The summed E-state index contributed by atoms with van der Waals surface area (Å²) in [6.07, 6.45) is 7.55. The van der Waals surface area contributed by atoms with Crippen LogP contribution in [-0.4, -0.2) is 60.5 Å². The molecule has 1 unspecified atom stereocenters. The van der Waals surface area contributed by atoms with Crippen molar-refractivity contribution in [3.8, 4) is 0 Å². The summed E-state index contributed by atoms with van der Waals surface area (Å²) in [5.41, 5.74) is 0.389. The van der Waals surface area contributed by atoms with Gasteiger partial charge in [-0.2, -0.15) is 4.31 Å².